The first-order valence-electron chi connectivity index (χ1n) is 7.99. The van der Waals surface area contributed by atoms with Gasteiger partial charge in [0, 0.05) is 18.0 Å². The topological polar surface area (TPSA) is 83.8 Å². The first-order valence-corrected chi connectivity index (χ1v) is 8.80. The van der Waals surface area contributed by atoms with Crippen molar-refractivity contribution >= 4 is 21.6 Å². The minimum absolute atomic E-state index is 0.139. The first-order chi connectivity index (χ1) is 12.4. The molecule has 3 aromatic heterocycles. The molecule has 0 radical (unpaired) electrons. The quantitative estimate of drug-likeness (QED) is 0.600. The Hall–Kier alpha value is -2.75. The number of fused-ring (bicyclic) bond motifs is 1. The number of allylic oxidation sites excluding steroid dienone is 1. The summed E-state index contributed by atoms with van der Waals surface area (Å²) < 4.78 is 18.1. The van der Waals surface area contributed by atoms with Crippen LogP contribution in [0.2, 0.25) is 0 Å². The van der Waals surface area contributed by atoms with Crippen LogP contribution in [0.4, 0.5) is 4.39 Å². The molecule has 0 bridgehead atoms. The molecule has 0 aromatic carbocycles. The predicted octanol–water partition coefficient (Wildman–Crippen LogP) is 1.07. The van der Waals surface area contributed by atoms with Crippen molar-refractivity contribution in [3.05, 3.63) is 60.7 Å². The predicted molar refractivity (Wildman–Crippen MR) is 97.7 cm³/mol. The molecule has 0 N–H and O–H groups in total. The summed E-state index contributed by atoms with van der Waals surface area (Å²) in [7, 11) is 0. The number of nitrogens with zero attached hydrogens (tertiary/aromatic N) is 5. The molecule has 3 heterocycles. The summed E-state index contributed by atoms with van der Waals surface area (Å²) in [6.45, 7) is 6.59. The fourth-order valence-corrected chi connectivity index (χ4v) is 4.11. The molecule has 3 rings (SSSR count). The molecule has 8 nitrogen and oxygen atoms in total. The van der Waals surface area contributed by atoms with Crippen LogP contribution in [-0.4, -0.2) is 23.5 Å². The molecule has 0 spiro atoms. The zero-order chi connectivity index (χ0) is 19.0. The van der Waals surface area contributed by atoms with E-state index in [1.165, 1.54) is 15.6 Å². The highest BCUT2D eigenvalue weighted by Crippen LogP contribution is 2.28. The first kappa shape index (κ1) is 18.1. The maximum atomic E-state index is 13.5. The molecule has 0 saturated heterocycles. The molecule has 0 unspecified atom stereocenters. The molecule has 10 heteroatoms. The van der Waals surface area contributed by atoms with Crippen molar-refractivity contribution in [2.45, 2.75) is 40.3 Å². The standard InChI is InChI=1S/C16H18FN5O3S/c1-4-6-19-9-18-22(15(19)24)7-11-10(3)12-13(23)20(5-2)16(25)21(8-17)14(12)26-11/h4,9H,1,5-8H2,2-3H3. The van der Waals surface area contributed by atoms with Crippen LogP contribution in [0.15, 0.2) is 33.4 Å². The van der Waals surface area contributed by atoms with Crippen LogP contribution >= 0.6 is 11.3 Å². The van der Waals surface area contributed by atoms with Gasteiger partial charge < -0.3 is 0 Å². The number of rotatable bonds is 6. The van der Waals surface area contributed by atoms with Gasteiger partial charge in [0.15, 0.2) is 6.80 Å². The number of alkyl halides is 1. The van der Waals surface area contributed by atoms with Gasteiger partial charge in [0.1, 0.15) is 11.2 Å². The van der Waals surface area contributed by atoms with Crippen LogP contribution in [0.25, 0.3) is 10.2 Å². The van der Waals surface area contributed by atoms with Crippen molar-refractivity contribution in [2.24, 2.45) is 0 Å². The van der Waals surface area contributed by atoms with Gasteiger partial charge in [0.05, 0.1) is 11.9 Å². The van der Waals surface area contributed by atoms with Crippen LogP contribution in [0.5, 0.6) is 0 Å². The normalized spacial score (nSPS) is 11.3. The summed E-state index contributed by atoms with van der Waals surface area (Å²) in [5.41, 5.74) is -0.797. The van der Waals surface area contributed by atoms with Crippen molar-refractivity contribution < 1.29 is 4.39 Å². The van der Waals surface area contributed by atoms with E-state index in [4.69, 9.17) is 0 Å². The number of halogens is 1. The van der Waals surface area contributed by atoms with Gasteiger partial charge in [-0.25, -0.2) is 18.7 Å². The van der Waals surface area contributed by atoms with Crippen LogP contribution in [0.3, 0.4) is 0 Å². The third-order valence-corrected chi connectivity index (χ3v) is 5.54. The van der Waals surface area contributed by atoms with Crippen molar-refractivity contribution in [1.29, 1.82) is 0 Å². The molecule has 26 heavy (non-hydrogen) atoms. The molecule has 0 aliphatic carbocycles. The van der Waals surface area contributed by atoms with Crippen molar-refractivity contribution in [1.82, 2.24) is 23.5 Å². The van der Waals surface area contributed by atoms with E-state index in [-0.39, 0.29) is 23.6 Å². The van der Waals surface area contributed by atoms with Gasteiger partial charge in [-0.1, -0.05) is 6.08 Å². The second kappa shape index (κ2) is 6.87. The van der Waals surface area contributed by atoms with Gasteiger partial charge in [0.25, 0.3) is 5.56 Å². The van der Waals surface area contributed by atoms with Crippen molar-refractivity contribution in [3.8, 4) is 0 Å². The molecule has 0 amide bonds. The number of hydrogen-bond acceptors (Lipinski definition) is 5. The van der Waals surface area contributed by atoms with E-state index in [0.29, 0.717) is 22.4 Å². The molecule has 0 saturated carbocycles. The van der Waals surface area contributed by atoms with Crippen molar-refractivity contribution in [3.63, 3.8) is 0 Å². The van der Waals surface area contributed by atoms with Crippen LogP contribution in [0, 0.1) is 6.92 Å². The lowest BCUT2D eigenvalue weighted by molar-refractivity contribution is 0.367. The maximum absolute atomic E-state index is 13.5. The van der Waals surface area contributed by atoms with E-state index in [2.05, 4.69) is 11.7 Å². The Morgan fingerprint density at radius 1 is 1.27 bits per heavy atom. The molecule has 0 atom stereocenters. The van der Waals surface area contributed by atoms with Crippen LogP contribution in [-0.2, 0) is 26.4 Å². The van der Waals surface area contributed by atoms with E-state index in [1.54, 1.807) is 19.9 Å². The van der Waals surface area contributed by atoms with E-state index in [9.17, 15) is 18.8 Å². The second-order valence-corrected chi connectivity index (χ2v) is 6.81. The zero-order valence-corrected chi connectivity index (χ0v) is 15.3. The summed E-state index contributed by atoms with van der Waals surface area (Å²) in [5.74, 6) is 0. The largest absolute Gasteiger partial charge is 0.346 e. The van der Waals surface area contributed by atoms with Gasteiger partial charge in [-0.2, -0.15) is 5.10 Å². The number of thiophene rings is 1. The number of aryl methyl sites for hydroxylation is 1. The molecule has 0 aliphatic heterocycles. The third kappa shape index (κ3) is 2.66. The summed E-state index contributed by atoms with van der Waals surface area (Å²) in [5, 5.41) is 4.37. The Labute approximate surface area is 151 Å². The lowest BCUT2D eigenvalue weighted by atomic mass is 10.2. The summed E-state index contributed by atoms with van der Waals surface area (Å²) in [6, 6.07) is 0. The molecule has 0 fully saturated rings. The Morgan fingerprint density at radius 2 is 2.00 bits per heavy atom. The summed E-state index contributed by atoms with van der Waals surface area (Å²) >= 11 is 1.13. The van der Waals surface area contributed by atoms with Gasteiger partial charge in [-0.15, -0.1) is 17.9 Å². The Morgan fingerprint density at radius 3 is 2.62 bits per heavy atom. The Balaban J connectivity index is 2.20. The highest BCUT2D eigenvalue weighted by Gasteiger charge is 2.20. The lowest BCUT2D eigenvalue weighted by Crippen LogP contribution is -2.38. The van der Waals surface area contributed by atoms with Gasteiger partial charge in [-0.3, -0.25) is 18.5 Å². The Kier molecular flexibility index (Phi) is 4.77. The van der Waals surface area contributed by atoms with Gasteiger partial charge in [-0.05, 0) is 19.4 Å². The maximum Gasteiger partial charge on any atom is 0.346 e. The lowest BCUT2D eigenvalue weighted by Gasteiger charge is -2.07. The fraction of sp³-hybridized carbons (Fsp3) is 0.375. The average Bonchev–Trinajstić information content (AvgIpc) is 3.11. The molecule has 0 aliphatic rings. The molecule has 138 valence electrons. The third-order valence-electron chi connectivity index (χ3n) is 4.24. The van der Waals surface area contributed by atoms with E-state index >= 15 is 0 Å². The number of hydrogen-bond donors (Lipinski definition) is 0. The smallest absolute Gasteiger partial charge is 0.278 e. The molecule has 3 aromatic rings. The SMILES string of the molecule is C=CCn1cnn(Cc2sc3c(c2C)c(=O)n(CC)c(=O)n3CF)c1=O. The minimum atomic E-state index is -1.02. The fourth-order valence-electron chi connectivity index (χ4n) is 2.86. The van der Waals surface area contributed by atoms with Crippen LogP contribution in [0.1, 0.15) is 17.4 Å². The van der Waals surface area contributed by atoms with E-state index in [1.807, 2.05) is 0 Å². The highest BCUT2D eigenvalue weighted by molar-refractivity contribution is 7.18. The van der Waals surface area contributed by atoms with E-state index < -0.39 is 18.0 Å². The number of aromatic nitrogens is 5. The van der Waals surface area contributed by atoms with Crippen molar-refractivity contribution in [2.75, 3.05) is 0 Å². The zero-order valence-electron chi connectivity index (χ0n) is 14.4. The second-order valence-electron chi connectivity index (χ2n) is 5.72. The monoisotopic (exact) mass is 379 g/mol. The molecular formula is C16H18FN5O3S. The summed E-state index contributed by atoms with van der Waals surface area (Å²) in [6.07, 6.45) is 3.00. The average molecular weight is 379 g/mol. The minimum Gasteiger partial charge on any atom is -0.278 e. The Bertz CT molecular complexity index is 1160. The van der Waals surface area contributed by atoms with Gasteiger partial charge >= 0.3 is 11.4 Å². The van der Waals surface area contributed by atoms with Gasteiger partial charge in [0.2, 0.25) is 0 Å². The molecular weight excluding hydrogens is 361 g/mol. The summed E-state index contributed by atoms with van der Waals surface area (Å²) in [4.78, 5) is 38.1. The van der Waals surface area contributed by atoms with E-state index in [0.717, 1.165) is 20.5 Å². The highest BCUT2D eigenvalue weighted by atomic mass is 32.1. The van der Waals surface area contributed by atoms with Crippen LogP contribution < -0.4 is 16.9 Å².